The van der Waals surface area contributed by atoms with Crippen molar-refractivity contribution in [2.45, 2.75) is 17.1 Å². The Bertz CT molecular complexity index is 1230. The largest absolute Gasteiger partial charge is 0.416 e. The van der Waals surface area contributed by atoms with Crippen LogP contribution in [-0.2, 0) is 11.9 Å². The van der Waals surface area contributed by atoms with Crippen LogP contribution in [0.5, 0.6) is 0 Å². The maximum Gasteiger partial charge on any atom is 0.416 e. The van der Waals surface area contributed by atoms with Crippen LogP contribution in [0.15, 0.2) is 64.7 Å². The quantitative estimate of drug-likeness (QED) is 0.299. The van der Waals surface area contributed by atoms with Crippen molar-refractivity contribution in [2.75, 3.05) is 0 Å². The number of rotatable bonds is 4. The minimum absolute atomic E-state index is 0.184. The van der Waals surface area contributed by atoms with Crippen LogP contribution in [0.1, 0.15) is 11.1 Å². The number of H-pyrrole nitrogens is 1. The predicted molar refractivity (Wildman–Crippen MR) is 100 cm³/mol. The highest BCUT2D eigenvalue weighted by atomic mass is 32.2. The number of halogens is 4. The number of hydrogen-bond donors (Lipinski definition) is 1. The van der Waals surface area contributed by atoms with Gasteiger partial charge < -0.3 is 4.98 Å². The van der Waals surface area contributed by atoms with Gasteiger partial charge in [0.1, 0.15) is 11.2 Å². The van der Waals surface area contributed by atoms with Gasteiger partial charge in [-0.25, -0.2) is 14.1 Å². The Hall–Kier alpha value is -3.14. The molecule has 2 aromatic carbocycles. The number of fused-ring (bicyclic) bond motifs is 1. The van der Waals surface area contributed by atoms with E-state index in [9.17, 15) is 22.4 Å². The molecule has 0 spiro atoms. The molecule has 0 unspecified atom stereocenters. The third-order valence-electron chi connectivity index (χ3n) is 4.12. The van der Waals surface area contributed by atoms with E-state index in [2.05, 4.69) is 15.1 Å². The molecule has 29 heavy (non-hydrogen) atoms. The lowest BCUT2D eigenvalue weighted by molar-refractivity contribution is -0.137. The second kappa shape index (κ2) is 7.36. The number of nitrogens with zero attached hydrogens (tertiary/aromatic N) is 3. The SMILES string of the molecule is O=c1[nH]c(SCc2cccc(C(F)(F)F)c2)nc2c1cnn2-c1ccc(F)cc1. The molecule has 0 atom stereocenters. The van der Waals surface area contributed by atoms with E-state index in [-0.39, 0.29) is 21.9 Å². The van der Waals surface area contributed by atoms with E-state index in [1.54, 1.807) is 6.07 Å². The van der Waals surface area contributed by atoms with Crippen LogP contribution in [0, 0.1) is 5.82 Å². The van der Waals surface area contributed by atoms with Gasteiger partial charge in [0.15, 0.2) is 10.8 Å². The number of alkyl halides is 3. The Labute approximate surface area is 165 Å². The fourth-order valence-electron chi connectivity index (χ4n) is 2.73. The fraction of sp³-hybridized carbons (Fsp3) is 0.105. The summed E-state index contributed by atoms with van der Waals surface area (Å²) in [7, 11) is 0. The second-order valence-corrected chi connectivity index (χ2v) is 7.09. The standard InChI is InChI=1S/C19H12F4N4OS/c20-13-4-6-14(7-5-13)27-16-15(9-24-27)17(28)26-18(25-16)29-10-11-2-1-3-12(8-11)19(21,22)23/h1-9H,10H2,(H,25,26,28). The molecule has 5 nitrogen and oxygen atoms in total. The molecule has 2 aromatic heterocycles. The van der Waals surface area contributed by atoms with Gasteiger partial charge in [-0.15, -0.1) is 0 Å². The molecule has 10 heteroatoms. The van der Waals surface area contributed by atoms with Crippen LogP contribution < -0.4 is 5.56 Å². The molecule has 1 N–H and O–H groups in total. The topological polar surface area (TPSA) is 63.6 Å². The van der Waals surface area contributed by atoms with Crippen LogP contribution in [-0.4, -0.2) is 19.7 Å². The van der Waals surface area contributed by atoms with Crippen molar-refractivity contribution >= 4 is 22.8 Å². The van der Waals surface area contributed by atoms with Gasteiger partial charge in [0.05, 0.1) is 17.4 Å². The second-order valence-electron chi connectivity index (χ2n) is 6.13. The van der Waals surface area contributed by atoms with Crippen molar-refractivity contribution in [1.82, 2.24) is 19.7 Å². The number of thioether (sulfide) groups is 1. The minimum atomic E-state index is -4.42. The molecule has 148 valence electrons. The maximum absolute atomic E-state index is 13.2. The molecule has 0 bridgehead atoms. The minimum Gasteiger partial charge on any atom is -0.301 e. The fourth-order valence-corrected chi connectivity index (χ4v) is 3.53. The first-order valence-corrected chi connectivity index (χ1v) is 9.33. The summed E-state index contributed by atoms with van der Waals surface area (Å²) < 4.78 is 53.1. The van der Waals surface area contributed by atoms with Gasteiger partial charge in [-0.2, -0.15) is 18.3 Å². The molecule has 0 saturated heterocycles. The third kappa shape index (κ3) is 4.02. The molecule has 0 radical (unpaired) electrons. The first kappa shape index (κ1) is 19.2. The van der Waals surface area contributed by atoms with Crippen molar-refractivity contribution in [3.8, 4) is 5.69 Å². The van der Waals surface area contributed by atoms with E-state index in [0.717, 1.165) is 23.9 Å². The number of nitrogens with one attached hydrogen (secondary N) is 1. The van der Waals surface area contributed by atoms with E-state index in [4.69, 9.17) is 0 Å². The summed E-state index contributed by atoms with van der Waals surface area (Å²) in [6, 6.07) is 10.5. The molecule has 0 aliphatic carbocycles. The summed E-state index contributed by atoms with van der Waals surface area (Å²) in [5, 5.41) is 4.62. The van der Waals surface area contributed by atoms with Crippen LogP contribution in [0.2, 0.25) is 0 Å². The molecule has 0 amide bonds. The molecule has 2 heterocycles. The van der Waals surface area contributed by atoms with Gasteiger partial charge in [0, 0.05) is 5.75 Å². The van der Waals surface area contributed by atoms with Crippen molar-refractivity contribution in [3.05, 3.63) is 82.0 Å². The summed E-state index contributed by atoms with van der Waals surface area (Å²) in [5.74, 6) is -0.225. The summed E-state index contributed by atoms with van der Waals surface area (Å²) in [6.45, 7) is 0. The van der Waals surface area contributed by atoms with E-state index < -0.39 is 23.1 Å². The average molecular weight is 420 g/mol. The van der Waals surface area contributed by atoms with E-state index >= 15 is 0 Å². The lowest BCUT2D eigenvalue weighted by atomic mass is 10.1. The van der Waals surface area contributed by atoms with E-state index in [1.807, 2.05) is 0 Å². The van der Waals surface area contributed by atoms with Gasteiger partial charge in [-0.1, -0.05) is 30.0 Å². The molecular weight excluding hydrogens is 408 g/mol. The zero-order chi connectivity index (χ0) is 20.6. The Morgan fingerprint density at radius 3 is 2.59 bits per heavy atom. The summed E-state index contributed by atoms with van der Waals surface area (Å²) >= 11 is 1.10. The first-order chi connectivity index (χ1) is 13.8. The van der Waals surface area contributed by atoms with Crippen molar-refractivity contribution in [3.63, 3.8) is 0 Å². The van der Waals surface area contributed by atoms with E-state index in [1.165, 1.54) is 41.2 Å². The Balaban J connectivity index is 1.64. The molecule has 4 rings (SSSR count). The highest BCUT2D eigenvalue weighted by molar-refractivity contribution is 7.98. The summed E-state index contributed by atoms with van der Waals surface area (Å²) in [5.41, 5.74) is 0.0802. The smallest absolute Gasteiger partial charge is 0.301 e. The number of aromatic nitrogens is 4. The summed E-state index contributed by atoms with van der Waals surface area (Å²) in [4.78, 5) is 19.3. The molecule has 4 aromatic rings. The third-order valence-corrected chi connectivity index (χ3v) is 5.06. The van der Waals surface area contributed by atoms with Gasteiger partial charge in [0.25, 0.3) is 5.56 Å². The lowest BCUT2D eigenvalue weighted by Crippen LogP contribution is -2.10. The van der Waals surface area contributed by atoms with Crippen molar-refractivity contribution in [1.29, 1.82) is 0 Å². The van der Waals surface area contributed by atoms with Crippen LogP contribution in [0.3, 0.4) is 0 Å². The van der Waals surface area contributed by atoms with Gasteiger partial charge in [-0.3, -0.25) is 4.79 Å². The molecule has 0 aliphatic heterocycles. The highest BCUT2D eigenvalue weighted by Gasteiger charge is 2.30. The monoisotopic (exact) mass is 420 g/mol. The lowest BCUT2D eigenvalue weighted by Gasteiger charge is -2.08. The van der Waals surface area contributed by atoms with Gasteiger partial charge in [-0.05, 0) is 35.9 Å². The normalized spacial score (nSPS) is 11.9. The average Bonchev–Trinajstić information content (AvgIpc) is 3.11. The van der Waals surface area contributed by atoms with Crippen LogP contribution >= 0.6 is 11.8 Å². The Kier molecular flexibility index (Phi) is 4.87. The van der Waals surface area contributed by atoms with Gasteiger partial charge >= 0.3 is 6.18 Å². The highest BCUT2D eigenvalue weighted by Crippen LogP contribution is 2.31. The van der Waals surface area contributed by atoms with Crippen LogP contribution in [0.25, 0.3) is 16.7 Å². The molecule has 0 saturated carbocycles. The summed E-state index contributed by atoms with van der Waals surface area (Å²) in [6.07, 6.45) is -3.07. The Morgan fingerprint density at radius 2 is 1.86 bits per heavy atom. The molecule has 0 fully saturated rings. The van der Waals surface area contributed by atoms with Crippen LogP contribution in [0.4, 0.5) is 17.6 Å². The molecule has 0 aliphatic rings. The first-order valence-electron chi connectivity index (χ1n) is 8.34. The van der Waals surface area contributed by atoms with Crippen molar-refractivity contribution < 1.29 is 17.6 Å². The van der Waals surface area contributed by atoms with Gasteiger partial charge in [0.2, 0.25) is 0 Å². The number of benzene rings is 2. The predicted octanol–water partition coefficient (Wildman–Crippen LogP) is 4.56. The maximum atomic E-state index is 13.2. The Morgan fingerprint density at radius 1 is 1.10 bits per heavy atom. The number of hydrogen-bond acceptors (Lipinski definition) is 4. The zero-order valence-corrected chi connectivity index (χ0v) is 15.4. The number of aromatic amines is 1. The molecular formula is C19H12F4N4OS. The zero-order valence-electron chi connectivity index (χ0n) is 14.6. The van der Waals surface area contributed by atoms with E-state index in [0.29, 0.717) is 11.3 Å². The van der Waals surface area contributed by atoms with Crippen molar-refractivity contribution in [2.24, 2.45) is 0 Å².